The van der Waals surface area contributed by atoms with Crippen molar-refractivity contribution in [2.75, 3.05) is 0 Å². The molecule has 0 unspecified atom stereocenters. The van der Waals surface area contributed by atoms with Crippen LogP contribution in [0.25, 0.3) is 11.5 Å². The predicted molar refractivity (Wildman–Crippen MR) is 114 cm³/mol. The number of halogens is 1. The van der Waals surface area contributed by atoms with Crippen molar-refractivity contribution in [2.45, 2.75) is 33.4 Å². The maximum absolute atomic E-state index is 5.86. The van der Waals surface area contributed by atoms with Gasteiger partial charge in [0, 0.05) is 28.7 Å². The lowest BCUT2D eigenvalue weighted by Crippen LogP contribution is -2.05. The second-order valence-electron chi connectivity index (χ2n) is 6.84. The minimum Gasteiger partial charge on any atom is -0.489 e. The molecule has 0 amide bonds. The highest BCUT2D eigenvalue weighted by molar-refractivity contribution is 9.10. The average molecular weight is 453 g/mol. The van der Waals surface area contributed by atoms with Crippen molar-refractivity contribution in [3.05, 3.63) is 81.9 Å². The number of benzene rings is 2. The van der Waals surface area contributed by atoms with Gasteiger partial charge in [0.2, 0.25) is 11.8 Å². The fourth-order valence-corrected chi connectivity index (χ4v) is 3.33. The summed E-state index contributed by atoms with van der Waals surface area (Å²) in [4.78, 5) is 0. The van der Waals surface area contributed by atoms with Crippen molar-refractivity contribution in [2.24, 2.45) is 0 Å². The molecule has 0 N–H and O–H groups in total. The number of nitrogens with zero attached hydrogens (tertiary/aromatic N) is 4. The quantitative estimate of drug-likeness (QED) is 0.388. The van der Waals surface area contributed by atoms with Crippen LogP contribution in [0.3, 0.4) is 0 Å². The van der Waals surface area contributed by atoms with Gasteiger partial charge in [-0.25, -0.2) is 0 Å². The fourth-order valence-electron chi connectivity index (χ4n) is 3.07. The van der Waals surface area contributed by atoms with Gasteiger partial charge in [-0.1, -0.05) is 28.1 Å². The first-order chi connectivity index (χ1) is 14.1. The average Bonchev–Trinajstić information content (AvgIpc) is 3.32. The SMILES string of the molecule is Cc1cc(C)n(CCc2nnc(-c3cccc(COc4ccc(Br)cc4)c3)o2)n1. The molecule has 0 bridgehead atoms. The van der Waals surface area contributed by atoms with Gasteiger partial charge in [-0.15, -0.1) is 10.2 Å². The Balaban J connectivity index is 1.40. The molecule has 148 valence electrons. The maximum atomic E-state index is 5.86. The summed E-state index contributed by atoms with van der Waals surface area (Å²) in [7, 11) is 0. The number of hydrogen-bond acceptors (Lipinski definition) is 5. The summed E-state index contributed by atoms with van der Waals surface area (Å²) in [6.45, 7) is 5.21. The van der Waals surface area contributed by atoms with E-state index in [2.05, 4.69) is 37.3 Å². The van der Waals surface area contributed by atoms with Crippen molar-refractivity contribution in [3.63, 3.8) is 0 Å². The van der Waals surface area contributed by atoms with Gasteiger partial charge in [-0.05, 0) is 61.9 Å². The Hall–Kier alpha value is -2.93. The third-order valence-electron chi connectivity index (χ3n) is 4.50. The molecule has 0 fully saturated rings. The molecule has 0 spiro atoms. The molecule has 7 heteroatoms. The fraction of sp³-hybridized carbons (Fsp3) is 0.227. The number of aromatic nitrogens is 4. The molecule has 4 aromatic rings. The van der Waals surface area contributed by atoms with Gasteiger partial charge in [0.15, 0.2) is 0 Å². The molecule has 29 heavy (non-hydrogen) atoms. The third-order valence-corrected chi connectivity index (χ3v) is 5.03. The second-order valence-corrected chi connectivity index (χ2v) is 7.76. The zero-order valence-electron chi connectivity index (χ0n) is 16.3. The van der Waals surface area contributed by atoms with Gasteiger partial charge in [0.25, 0.3) is 0 Å². The molecule has 0 aliphatic heterocycles. The van der Waals surface area contributed by atoms with Crippen molar-refractivity contribution >= 4 is 15.9 Å². The lowest BCUT2D eigenvalue weighted by atomic mass is 10.1. The van der Waals surface area contributed by atoms with Crippen LogP contribution < -0.4 is 4.74 Å². The molecule has 0 aliphatic rings. The van der Waals surface area contributed by atoms with Crippen LogP contribution in [-0.2, 0) is 19.6 Å². The van der Waals surface area contributed by atoms with Crippen LogP contribution in [0.5, 0.6) is 5.75 Å². The van der Waals surface area contributed by atoms with Gasteiger partial charge in [0.1, 0.15) is 12.4 Å². The van der Waals surface area contributed by atoms with E-state index in [1.54, 1.807) is 0 Å². The van der Waals surface area contributed by atoms with E-state index < -0.39 is 0 Å². The topological polar surface area (TPSA) is 66.0 Å². The molecular formula is C22H21BrN4O2. The molecule has 0 aliphatic carbocycles. The van der Waals surface area contributed by atoms with Gasteiger partial charge in [0.05, 0.1) is 5.69 Å². The molecule has 2 heterocycles. The maximum Gasteiger partial charge on any atom is 0.247 e. The highest BCUT2D eigenvalue weighted by atomic mass is 79.9. The minimum atomic E-state index is 0.467. The lowest BCUT2D eigenvalue weighted by molar-refractivity contribution is 0.306. The Morgan fingerprint density at radius 1 is 1.03 bits per heavy atom. The molecule has 0 atom stereocenters. The van der Waals surface area contributed by atoms with Crippen molar-refractivity contribution in [3.8, 4) is 17.2 Å². The van der Waals surface area contributed by atoms with Gasteiger partial charge in [-0.3, -0.25) is 4.68 Å². The monoisotopic (exact) mass is 452 g/mol. The van der Waals surface area contributed by atoms with E-state index in [4.69, 9.17) is 9.15 Å². The molecule has 4 rings (SSSR count). The van der Waals surface area contributed by atoms with Crippen LogP contribution in [0.2, 0.25) is 0 Å². The Morgan fingerprint density at radius 2 is 1.86 bits per heavy atom. The van der Waals surface area contributed by atoms with E-state index in [9.17, 15) is 0 Å². The number of rotatable bonds is 7. The molecule has 2 aromatic heterocycles. The number of aryl methyl sites for hydroxylation is 4. The third kappa shape index (κ3) is 4.92. The Bertz CT molecular complexity index is 1100. The largest absolute Gasteiger partial charge is 0.489 e. The van der Waals surface area contributed by atoms with E-state index in [0.29, 0.717) is 31.4 Å². The summed E-state index contributed by atoms with van der Waals surface area (Å²) in [5, 5.41) is 12.8. The smallest absolute Gasteiger partial charge is 0.247 e. The van der Waals surface area contributed by atoms with Crippen molar-refractivity contribution in [1.29, 1.82) is 0 Å². The predicted octanol–water partition coefficient (Wildman–Crippen LogP) is 5.13. The molecule has 6 nitrogen and oxygen atoms in total. The number of ether oxygens (including phenoxy) is 1. The lowest BCUT2D eigenvalue weighted by Gasteiger charge is -2.07. The molecular weight excluding hydrogens is 432 g/mol. The van der Waals surface area contributed by atoms with Crippen LogP contribution in [0.4, 0.5) is 0 Å². The van der Waals surface area contributed by atoms with Gasteiger partial charge in [-0.2, -0.15) is 5.10 Å². The zero-order valence-corrected chi connectivity index (χ0v) is 17.9. The Kier molecular flexibility index (Phi) is 5.76. The summed E-state index contributed by atoms with van der Waals surface area (Å²) in [5.41, 5.74) is 4.05. The highest BCUT2D eigenvalue weighted by Gasteiger charge is 2.10. The van der Waals surface area contributed by atoms with Crippen LogP contribution >= 0.6 is 15.9 Å². The summed E-state index contributed by atoms with van der Waals surface area (Å²) in [6, 6.07) is 17.8. The normalized spacial score (nSPS) is 11.0. The van der Waals surface area contributed by atoms with E-state index in [-0.39, 0.29) is 0 Å². The summed E-state index contributed by atoms with van der Waals surface area (Å²) >= 11 is 3.42. The molecule has 0 radical (unpaired) electrons. The zero-order chi connectivity index (χ0) is 20.2. The summed E-state index contributed by atoms with van der Waals surface area (Å²) in [5.74, 6) is 1.94. The molecule has 0 saturated carbocycles. The summed E-state index contributed by atoms with van der Waals surface area (Å²) in [6.07, 6.45) is 0.640. The minimum absolute atomic E-state index is 0.467. The second kappa shape index (κ2) is 8.61. The van der Waals surface area contributed by atoms with Crippen LogP contribution in [0, 0.1) is 13.8 Å². The van der Waals surface area contributed by atoms with E-state index in [1.165, 1.54) is 0 Å². The standard InChI is InChI=1S/C22H21BrN4O2/c1-15-12-16(2)27(26-15)11-10-21-24-25-22(29-21)18-5-3-4-17(13-18)14-28-20-8-6-19(23)7-9-20/h3-9,12-13H,10-11,14H2,1-2H3. The first-order valence-corrected chi connectivity index (χ1v) is 10.2. The van der Waals surface area contributed by atoms with Gasteiger partial charge < -0.3 is 9.15 Å². The number of hydrogen-bond donors (Lipinski definition) is 0. The Morgan fingerprint density at radius 3 is 2.62 bits per heavy atom. The van der Waals surface area contributed by atoms with E-state index in [1.807, 2.05) is 67.1 Å². The van der Waals surface area contributed by atoms with E-state index >= 15 is 0 Å². The van der Waals surface area contributed by atoms with E-state index in [0.717, 1.165) is 32.7 Å². The molecule has 0 saturated heterocycles. The van der Waals surface area contributed by atoms with Crippen LogP contribution in [0.1, 0.15) is 22.8 Å². The van der Waals surface area contributed by atoms with Crippen molar-refractivity contribution in [1.82, 2.24) is 20.0 Å². The van der Waals surface area contributed by atoms with Crippen LogP contribution in [-0.4, -0.2) is 20.0 Å². The Labute approximate surface area is 177 Å². The molecule has 2 aromatic carbocycles. The van der Waals surface area contributed by atoms with Gasteiger partial charge >= 0.3 is 0 Å². The first-order valence-electron chi connectivity index (χ1n) is 9.38. The van der Waals surface area contributed by atoms with Crippen LogP contribution in [0.15, 0.2) is 63.5 Å². The van der Waals surface area contributed by atoms with Crippen molar-refractivity contribution < 1.29 is 9.15 Å². The first kappa shape index (κ1) is 19.4. The summed E-state index contributed by atoms with van der Waals surface area (Å²) < 4.78 is 14.7. The highest BCUT2D eigenvalue weighted by Crippen LogP contribution is 2.21.